The molecule has 3 rings (SSSR count). The molecule has 1 unspecified atom stereocenters. The number of rotatable bonds is 6. The molecule has 1 N–H and O–H groups in total. The summed E-state index contributed by atoms with van der Waals surface area (Å²) in [5, 5.41) is 3.32. The van der Waals surface area contributed by atoms with Crippen molar-refractivity contribution in [2.45, 2.75) is 26.5 Å². The van der Waals surface area contributed by atoms with Crippen LogP contribution >= 0.6 is 0 Å². The number of anilines is 1. The Morgan fingerprint density at radius 3 is 2.79 bits per heavy atom. The summed E-state index contributed by atoms with van der Waals surface area (Å²) in [6.45, 7) is 6.91. The summed E-state index contributed by atoms with van der Waals surface area (Å²) in [7, 11) is 0. The molecule has 0 amide bonds. The van der Waals surface area contributed by atoms with Gasteiger partial charge >= 0.3 is 0 Å². The minimum absolute atomic E-state index is 0.135. The number of benzene rings is 2. The van der Waals surface area contributed by atoms with Crippen molar-refractivity contribution < 1.29 is 9.53 Å². The SMILES string of the molecule is CCN(CC(=O)c1ccc2c(c1)NCC(C)O2)Cc1ccccc1. The van der Waals surface area contributed by atoms with Crippen molar-refractivity contribution in [3.8, 4) is 5.75 Å². The second kappa shape index (κ2) is 7.49. The summed E-state index contributed by atoms with van der Waals surface area (Å²) < 4.78 is 5.76. The Labute approximate surface area is 143 Å². The lowest BCUT2D eigenvalue weighted by Gasteiger charge is -2.25. The van der Waals surface area contributed by atoms with Crippen molar-refractivity contribution in [1.29, 1.82) is 0 Å². The lowest BCUT2D eigenvalue weighted by Crippen LogP contribution is -2.30. The van der Waals surface area contributed by atoms with Crippen LogP contribution in [-0.2, 0) is 6.54 Å². The molecule has 1 aliphatic heterocycles. The second-order valence-electron chi connectivity index (χ2n) is 6.23. The number of hydrogen-bond acceptors (Lipinski definition) is 4. The molecule has 1 heterocycles. The highest BCUT2D eigenvalue weighted by Crippen LogP contribution is 2.30. The molecule has 0 radical (unpaired) electrons. The number of Topliss-reactive ketones (excluding diaryl/α,β-unsaturated/α-hetero) is 1. The predicted molar refractivity (Wildman–Crippen MR) is 96.7 cm³/mol. The maximum atomic E-state index is 12.6. The zero-order chi connectivity index (χ0) is 16.9. The van der Waals surface area contributed by atoms with Crippen LogP contribution in [0.5, 0.6) is 5.75 Å². The van der Waals surface area contributed by atoms with Gasteiger partial charge in [-0.2, -0.15) is 0 Å². The third-order valence-electron chi connectivity index (χ3n) is 4.27. The highest BCUT2D eigenvalue weighted by molar-refractivity contribution is 5.98. The van der Waals surface area contributed by atoms with E-state index in [1.807, 2.05) is 43.3 Å². The van der Waals surface area contributed by atoms with Gasteiger partial charge in [-0.25, -0.2) is 0 Å². The van der Waals surface area contributed by atoms with E-state index in [4.69, 9.17) is 4.74 Å². The van der Waals surface area contributed by atoms with Gasteiger partial charge in [-0.1, -0.05) is 37.3 Å². The van der Waals surface area contributed by atoms with Crippen molar-refractivity contribution in [1.82, 2.24) is 4.90 Å². The van der Waals surface area contributed by atoms with Crippen LogP contribution in [0, 0.1) is 0 Å². The van der Waals surface area contributed by atoms with Gasteiger partial charge in [0.15, 0.2) is 5.78 Å². The maximum absolute atomic E-state index is 12.6. The van der Waals surface area contributed by atoms with E-state index in [-0.39, 0.29) is 11.9 Å². The van der Waals surface area contributed by atoms with E-state index in [1.165, 1.54) is 5.56 Å². The van der Waals surface area contributed by atoms with Crippen LogP contribution in [0.25, 0.3) is 0 Å². The number of nitrogens with zero attached hydrogens (tertiary/aromatic N) is 1. The summed E-state index contributed by atoms with van der Waals surface area (Å²) in [5.74, 6) is 0.956. The highest BCUT2D eigenvalue weighted by atomic mass is 16.5. The predicted octanol–water partition coefficient (Wildman–Crippen LogP) is 3.58. The van der Waals surface area contributed by atoms with Crippen molar-refractivity contribution in [2.75, 3.05) is 25.0 Å². The lowest BCUT2D eigenvalue weighted by atomic mass is 10.1. The summed E-state index contributed by atoms with van der Waals surface area (Å²) in [5.41, 5.74) is 2.86. The quantitative estimate of drug-likeness (QED) is 0.825. The number of carbonyl (C=O) groups is 1. The van der Waals surface area contributed by atoms with E-state index < -0.39 is 0 Å². The molecule has 2 aromatic rings. The number of nitrogens with one attached hydrogen (secondary N) is 1. The van der Waals surface area contributed by atoms with Gasteiger partial charge in [-0.15, -0.1) is 0 Å². The van der Waals surface area contributed by atoms with E-state index >= 15 is 0 Å². The Hall–Kier alpha value is -2.33. The molecule has 4 nitrogen and oxygen atoms in total. The van der Waals surface area contributed by atoms with Crippen molar-refractivity contribution in [2.24, 2.45) is 0 Å². The van der Waals surface area contributed by atoms with Crippen LogP contribution in [0.3, 0.4) is 0 Å². The first kappa shape index (κ1) is 16.5. The first-order chi connectivity index (χ1) is 11.7. The molecule has 2 aromatic carbocycles. The third kappa shape index (κ3) is 3.95. The Kier molecular flexibility index (Phi) is 5.16. The first-order valence-electron chi connectivity index (χ1n) is 8.49. The van der Waals surface area contributed by atoms with Gasteiger partial charge in [-0.3, -0.25) is 9.69 Å². The van der Waals surface area contributed by atoms with E-state index in [9.17, 15) is 4.79 Å². The van der Waals surface area contributed by atoms with Gasteiger partial charge in [0, 0.05) is 12.1 Å². The molecular formula is C20H24N2O2. The second-order valence-corrected chi connectivity index (χ2v) is 6.23. The highest BCUT2D eigenvalue weighted by Gasteiger charge is 2.18. The average Bonchev–Trinajstić information content (AvgIpc) is 2.61. The molecule has 0 aromatic heterocycles. The molecule has 0 saturated carbocycles. The van der Waals surface area contributed by atoms with Crippen LogP contribution in [0.2, 0.25) is 0 Å². The molecule has 1 aliphatic rings. The summed E-state index contributed by atoms with van der Waals surface area (Å²) in [6, 6.07) is 15.9. The van der Waals surface area contributed by atoms with Gasteiger partial charge in [0.05, 0.1) is 18.8 Å². The zero-order valence-electron chi connectivity index (χ0n) is 14.3. The van der Waals surface area contributed by atoms with Crippen molar-refractivity contribution in [3.63, 3.8) is 0 Å². The average molecular weight is 324 g/mol. The first-order valence-corrected chi connectivity index (χ1v) is 8.49. The number of hydrogen-bond donors (Lipinski definition) is 1. The fourth-order valence-corrected chi connectivity index (χ4v) is 2.87. The van der Waals surface area contributed by atoms with Gasteiger partial charge in [0.2, 0.25) is 0 Å². The molecule has 24 heavy (non-hydrogen) atoms. The largest absolute Gasteiger partial charge is 0.487 e. The van der Waals surface area contributed by atoms with Gasteiger partial charge in [-0.05, 0) is 37.2 Å². The van der Waals surface area contributed by atoms with Crippen molar-refractivity contribution in [3.05, 3.63) is 59.7 Å². The van der Waals surface area contributed by atoms with Gasteiger partial charge in [0.1, 0.15) is 11.9 Å². The molecule has 0 saturated heterocycles. The summed E-state index contributed by atoms with van der Waals surface area (Å²) >= 11 is 0. The molecule has 4 heteroatoms. The topological polar surface area (TPSA) is 41.6 Å². The minimum Gasteiger partial charge on any atom is -0.487 e. The van der Waals surface area contributed by atoms with E-state index in [2.05, 4.69) is 29.3 Å². The fraction of sp³-hybridized carbons (Fsp3) is 0.350. The molecule has 0 fully saturated rings. The Bertz CT molecular complexity index is 700. The molecule has 0 aliphatic carbocycles. The van der Waals surface area contributed by atoms with Crippen LogP contribution in [-0.4, -0.2) is 36.4 Å². The third-order valence-corrected chi connectivity index (χ3v) is 4.27. The normalized spacial score (nSPS) is 16.2. The number of fused-ring (bicyclic) bond motifs is 1. The molecule has 1 atom stereocenters. The minimum atomic E-state index is 0.135. The molecule has 0 spiro atoms. The standard InChI is InChI=1S/C20H24N2O2/c1-3-22(13-16-7-5-4-6-8-16)14-19(23)17-9-10-20-18(11-17)21-12-15(2)24-20/h4-11,15,21H,3,12-14H2,1-2H3. The monoisotopic (exact) mass is 324 g/mol. The lowest BCUT2D eigenvalue weighted by molar-refractivity contribution is 0.0929. The van der Waals surface area contributed by atoms with Crippen LogP contribution in [0.1, 0.15) is 29.8 Å². The fourth-order valence-electron chi connectivity index (χ4n) is 2.87. The van der Waals surface area contributed by atoms with Gasteiger partial charge < -0.3 is 10.1 Å². The van der Waals surface area contributed by atoms with E-state index in [0.29, 0.717) is 6.54 Å². The molecule has 126 valence electrons. The number of carbonyl (C=O) groups excluding carboxylic acids is 1. The maximum Gasteiger partial charge on any atom is 0.176 e. The molecule has 0 bridgehead atoms. The smallest absolute Gasteiger partial charge is 0.176 e. The number of likely N-dealkylation sites (N-methyl/N-ethyl adjacent to an activating group) is 1. The Morgan fingerprint density at radius 1 is 1.25 bits per heavy atom. The van der Waals surface area contributed by atoms with Crippen LogP contribution in [0.4, 0.5) is 5.69 Å². The van der Waals surface area contributed by atoms with Crippen LogP contribution in [0.15, 0.2) is 48.5 Å². The Morgan fingerprint density at radius 2 is 2.04 bits per heavy atom. The Balaban J connectivity index is 1.67. The van der Waals surface area contributed by atoms with Crippen molar-refractivity contribution >= 4 is 11.5 Å². The summed E-state index contributed by atoms with van der Waals surface area (Å²) in [4.78, 5) is 14.8. The van der Waals surface area contributed by atoms with E-state index in [1.54, 1.807) is 0 Å². The van der Waals surface area contributed by atoms with Gasteiger partial charge in [0.25, 0.3) is 0 Å². The van der Waals surface area contributed by atoms with Crippen LogP contribution < -0.4 is 10.1 Å². The molecular weight excluding hydrogens is 300 g/mol. The van der Waals surface area contributed by atoms with E-state index in [0.717, 1.165) is 36.6 Å². The summed E-state index contributed by atoms with van der Waals surface area (Å²) in [6.07, 6.45) is 0.153. The zero-order valence-corrected chi connectivity index (χ0v) is 14.3. The number of ether oxygens (including phenoxy) is 1. The number of ketones is 1.